The number of nitrogens with zero attached hydrogens (tertiary/aromatic N) is 2. The van der Waals surface area contributed by atoms with E-state index >= 15 is 0 Å². The standard InChI is InChI=1S/C19H22F2N4O/c1-2-22-12-19(26,11-20)13-23-17-4-3-5-18-16(17)10-24-25(18)15-8-6-14(21)7-9-15/h3-10,22-23,26H,2,11-13H2,1H3. The molecule has 1 unspecified atom stereocenters. The van der Waals surface area contributed by atoms with E-state index in [2.05, 4.69) is 15.7 Å². The van der Waals surface area contributed by atoms with Crippen molar-refractivity contribution in [1.29, 1.82) is 0 Å². The van der Waals surface area contributed by atoms with E-state index < -0.39 is 12.3 Å². The lowest BCUT2D eigenvalue weighted by Gasteiger charge is -2.26. The Morgan fingerprint density at radius 3 is 2.62 bits per heavy atom. The second kappa shape index (κ2) is 7.80. The van der Waals surface area contributed by atoms with Gasteiger partial charge >= 0.3 is 0 Å². The summed E-state index contributed by atoms with van der Waals surface area (Å²) in [6.45, 7) is 1.94. The summed E-state index contributed by atoms with van der Waals surface area (Å²) in [7, 11) is 0. The van der Waals surface area contributed by atoms with Gasteiger partial charge in [-0.1, -0.05) is 13.0 Å². The second-order valence-electron chi connectivity index (χ2n) is 6.26. The van der Waals surface area contributed by atoms with E-state index in [0.29, 0.717) is 6.54 Å². The lowest BCUT2D eigenvalue weighted by molar-refractivity contribution is 0.0287. The molecule has 0 saturated carbocycles. The Kier molecular flexibility index (Phi) is 5.49. The molecule has 0 spiro atoms. The summed E-state index contributed by atoms with van der Waals surface area (Å²) in [6.07, 6.45) is 1.69. The molecule has 3 rings (SSSR count). The molecule has 7 heteroatoms. The van der Waals surface area contributed by atoms with E-state index in [1.807, 2.05) is 25.1 Å². The van der Waals surface area contributed by atoms with Gasteiger partial charge in [-0.25, -0.2) is 13.5 Å². The number of aliphatic hydroxyl groups is 1. The third-order valence-electron chi connectivity index (χ3n) is 4.25. The third kappa shape index (κ3) is 3.84. The fourth-order valence-electron chi connectivity index (χ4n) is 2.77. The van der Waals surface area contributed by atoms with Crippen LogP contribution in [0.3, 0.4) is 0 Å². The zero-order valence-electron chi connectivity index (χ0n) is 14.5. The number of benzene rings is 2. The van der Waals surface area contributed by atoms with E-state index in [9.17, 15) is 13.9 Å². The van der Waals surface area contributed by atoms with Crippen LogP contribution in [0.1, 0.15) is 6.92 Å². The van der Waals surface area contributed by atoms with Gasteiger partial charge in [-0.15, -0.1) is 0 Å². The van der Waals surface area contributed by atoms with Gasteiger partial charge in [0.15, 0.2) is 0 Å². The highest BCUT2D eigenvalue weighted by atomic mass is 19.1. The normalized spacial score (nSPS) is 13.7. The molecule has 0 aliphatic carbocycles. The van der Waals surface area contributed by atoms with Gasteiger partial charge in [0.1, 0.15) is 18.1 Å². The number of rotatable bonds is 8. The van der Waals surface area contributed by atoms with Crippen molar-refractivity contribution in [3.8, 4) is 5.69 Å². The Hall–Kier alpha value is -2.51. The molecule has 0 radical (unpaired) electrons. The van der Waals surface area contributed by atoms with Gasteiger partial charge in [-0.2, -0.15) is 5.10 Å². The van der Waals surface area contributed by atoms with Crippen molar-refractivity contribution in [3.63, 3.8) is 0 Å². The lowest BCUT2D eigenvalue weighted by Crippen LogP contribution is -2.48. The van der Waals surface area contributed by atoms with Crippen LogP contribution in [0.15, 0.2) is 48.7 Å². The fourth-order valence-corrected chi connectivity index (χ4v) is 2.77. The summed E-state index contributed by atoms with van der Waals surface area (Å²) in [4.78, 5) is 0. The smallest absolute Gasteiger partial charge is 0.123 e. The Balaban J connectivity index is 1.85. The fraction of sp³-hybridized carbons (Fsp3) is 0.316. The number of likely N-dealkylation sites (N-methyl/N-ethyl adjacent to an activating group) is 1. The summed E-state index contributed by atoms with van der Waals surface area (Å²) >= 11 is 0. The quantitative estimate of drug-likeness (QED) is 0.578. The summed E-state index contributed by atoms with van der Waals surface area (Å²) in [5.41, 5.74) is 0.841. The molecule has 5 nitrogen and oxygen atoms in total. The molecule has 1 heterocycles. The van der Waals surface area contributed by atoms with E-state index in [1.165, 1.54) is 12.1 Å². The monoisotopic (exact) mass is 360 g/mol. The van der Waals surface area contributed by atoms with Gasteiger partial charge in [0.25, 0.3) is 0 Å². The van der Waals surface area contributed by atoms with Gasteiger partial charge in [0.05, 0.1) is 17.4 Å². The first-order valence-corrected chi connectivity index (χ1v) is 8.52. The first kappa shape index (κ1) is 18.3. The number of nitrogens with one attached hydrogen (secondary N) is 2. The highest BCUT2D eigenvalue weighted by molar-refractivity contribution is 5.92. The Morgan fingerprint density at radius 2 is 1.92 bits per heavy atom. The summed E-state index contributed by atoms with van der Waals surface area (Å²) < 4.78 is 28.1. The minimum Gasteiger partial charge on any atom is -0.384 e. The molecule has 0 fully saturated rings. The van der Waals surface area contributed by atoms with Gasteiger partial charge in [0, 0.05) is 24.2 Å². The molecule has 3 N–H and O–H groups in total. The van der Waals surface area contributed by atoms with Crippen molar-refractivity contribution in [3.05, 3.63) is 54.5 Å². The van der Waals surface area contributed by atoms with E-state index in [0.717, 1.165) is 22.3 Å². The maximum atomic E-state index is 13.3. The van der Waals surface area contributed by atoms with Crippen molar-refractivity contribution < 1.29 is 13.9 Å². The highest BCUT2D eigenvalue weighted by Gasteiger charge is 2.26. The molecular formula is C19H22F2N4O. The van der Waals surface area contributed by atoms with Crippen LogP contribution in [0.4, 0.5) is 14.5 Å². The maximum absolute atomic E-state index is 13.3. The summed E-state index contributed by atoms with van der Waals surface area (Å²) in [6, 6.07) is 11.7. The lowest BCUT2D eigenvalue weighted by atomic mass is 10.1. The van der Waals surface area contributed by atoms with Crippen molar-refractivity contribution in [2.45, 2.75) is 12.5 Å². The topological polar surface area (TPSA) is 62.1 Å². The molecule has 1 aromatic heterocycles. The number of alkyl halides is 1. The zero-order chi connectivity index (χ0) is 18.6. The Labute approximate surface area is 150 Å². The van der Waals surface area contributed by atoms with Crippen LogP contribution in [0.2, 0.25) is 0 Å². The van der Waals surface area contributed by atoms with Gasteiger partial charge in [-0.05, 0) is 42.9 Å². The maximum Gasteiger partial charge on any atom is 0.123 e. The minimum atomic E-state index is -1.48. The Bertz CT molecular complexity index is 866. The molecular weight excluding hydrogens is 338 g/mol. The summed E-state index contributed by atoms with van der Waals surface area (Å²) in [5.74, 6) is -0.307. The third-order valence-corrected chi connectivity index (χ3v) is 4.25. The van der Waals surface area contributed by atoms with E-state index in [1.54, 1.807) is 23.0 Å². The van der Waals surface area contributed by atoms with Crippen molar-refractivity contribution in [1.82, 2.24) is 15.1 Å². The predicted octanol–water partition coefficient (Wildman–Crippen LogP) is 2.89. The van der Waals surface area contributed by atoms with E-state index in [4.69, 9.17) is 0 Å². The van der Waals surface area contributed by atoms with Gasteiger partial charge in [-0.3, -0.25) is 0 Å². The minimum absolute atomic E-state index is 0.0668. The number of hydrogen-bond acceptors (Lipinski definition) is 4. The van der Waals surface area contributed by atoms with Crippen molar-refractivity contribution in [2.75, 3.05) is 31.6 Å². The van der Waals surface area contributed by atoms with Crippen LogP contribution in [0.25, 0.3) is 16.6 Å². The molecule has 0 aliphatic heterocycles. The molecule has 0 amide bonds. The number of anilines is 1. The molecule has 0 saturated heterocycles. The van der Waals surface area contributed by atoms with Crippen LogP contribution in [0.5, 0.6) is 0 Å². The number of aromatic nitrogens is 2. The van der Waals surface area contributed by atoms with Crippen LogP contribution in [-0.4, -0.2) is 46.8 Å². The molecule has 26 heavy (non-hydrogen) atoms. The van der Waals surface area contributed by atoms with Crippen LogP contribution in [0, 0.1) is 5.82 Å². The second-order valence-corrected chi connectivity index (χ2v) is 6.26. The van der Waals surface area contributed by atoms with Crippen LogP contribution < -0.4 is 10.6 Å². The SMILES string of the molecule is CCNCC(O)(CF)CNc1cccc2c1cnn2-c1ccc(F)cc1. The zero-order valence-corrected chi connectivity index (χ0v) is 14.5. The number of halogens is 2. The Morgan fingerprint density at radius 1 is 1.15 bits per heavy atom. The molecule has 0 bridgehead atoms. The largest absolute Gasteiger partial charge is 0.384 e. The molecule has 138 valence electrons. The molecule has 2 aromatic carbocycles. The van der Waals surface area contributed by atoms with E-state index in [-0.39, 0.29) is 18.9 Å². The number of fused-ring (bicyclic) bond motifs is 1. The van der Waals surface area contributed by atoms with Crippen LogP contribution >= 0.6 is 0 Å². The molecule has 1 atom stereocenters. The summed E-state index contributed by atoms with van der Waals surface area (Å²) in [5, 5.41) is 21.6. The van der Waals surface area contributed by atoms with Crippen molar-refractivity contribution >= 4 is 16.6 Å². The highest BCUT2D eigenvalue weighted by Crippen LogP contribution is 2.26. The average molecular weight is 360 g/mol. The molecule has 0 aliphatic rings. The number of hydrogen-bond donors (Lipinski definition) is 3. The first-order chi connectivity index (χ1) is 12.6. The van der Waals surface area contributed by atoms with Gasteiger partial charge < -0.3 is 15.7 Å². The van der Waals surface area contributed by atoms with Crippen molar-refractivity contribution in [2.24, 2.45) is 0 Å². The van der Waals surface area contributed by atoms with Gasteiger partial charge in [0.2, 0.25) is 0 Å². The van der Waals surface area contributed by atoms with Crippen LogP contribution in [-0.2, 0) is 0 Å². The predicted molar refractivity (Wildman–Crippen MR) is 99.0 cm³/mol. The molecule has 3 aromatic rings. The average Bonchev–Trinajstić information content (AvgIpc) is 3.10. The first-order valence-electron chi connectivity index (χ1n) is 8.52.